The van der Waals surface area contributed by atoms with Crippen LogP contribution in [0, 0.1) is 11.3 Å². The number of aromatic carboxylic acids is 1. The van der Waals surface area contributed by atoms with E-state index in [1.54, 1.807) is 0 Å². The summed E-state index contributed by atoms with van der Waals surface area (Å²) in [5.41, 5.74) is 2.42. The van der Waals surface area contributed by atoms with Gasteiger partial charge in [-0.2, -0.15) is 0 Å². The number of sulfonamides is 1. The van der Waals surface area contributed by atoms with Crippen molar-refractivity contribution < 1.29 is 23.1 Å². The fourth-order valence-corrected chi connectivity index (χ4v) is 7.28. The summed E-state index contributed by atoms with van der Waals surface area (Å²) in [5.74, 6) is -1.21. The molecule has 0 saturated carbocycles. The molecular weight excluding hydrogens is 503 g/mol. The number of carboxylic acids is 1. The van der Waals surface area contributed by atoms with Crippen molar-refractivity contribution in [3.63, 3.8) is 0 Å². The van der Waals surface area contributed by atoms with Gasteiger partial charge in [0.1, 0.15) is 0 Å². The molecule has 0 saturated heterocycles. The molecule has 33 heavy (non-hydrogen) atoms. The molecule has 0 fully saturated rings. The zero-order chi connectivity index (χ0) is 23.6. The summed E-state index contributed by atoms with van der Waals surface area (Å²) in [5, 5.41) is 18.4. The molecular formula is C24H19AsN2O5S. The number of nitrogens with one attached hydrogen (secondary N) is 1. The second-order valence-corrected chi connectivity index (χ2v) is 11.9. The van der Waals surface area contributed by atoms with E-state index in [1.165, 1.54) is 42.5 Å². The van der Waals surface area contributed by atoms with E-state index in [1.807, 2.05) is 30.3 Å². The molecule has 3 aromatic carbocycles. The quantitative estimate of drug-likeness (QED) is 0.459. The van der Waals surface area contributed by atoms with E-state index in [4.69, 9.17) is 5.26 Å². The first-order valence-corrected chi connectivity index (χ1v) is 13.7. The number of aryl methyl sites for hydroxylation is 1. The van der Waals surface area contributed by atoms with Crippen molar-refractivity contribution in [2.24, 2.45) is 0 Å². The Balaban J connectivity index is 1.56. The number of hydrogen-bond donors (Lipinski definition) is 2. The Hall–Kier alpha value is -3.24. The summed E-state index contributed by atoms with van der Waals surface area (Å²) >= 11 is -1.59. The van der Waals surface area contributed by atoms with E-state index < -0.39 is 31.7 Å². The van der Waals surface area contributed by atoms with Gasteiger partial charge in [-0.15, -0.1) is 0 Å². The Morgan fingerprint density at radius 1 is 1.06 bits per heavy atom. The van der Waals surface area contributed by atoms with Crippen molar-refractivity contribution in [2.45, 2.75) is 23.8 Å². The predicted octanol–water partition coefficient (Wildman–Crippen LogP) is 2.12. The van der Waals surface area contributed by atoms with Crippen molar-refractivity contribution in [3.8, 4) is 6.07 Å². The first-order chi connectivity index (χ1) is 15.8. The van der Waals surface area contributed by atoms with Gasteiger partial charge in [0.25, 0.3) is 0 Å². The predicted molar refractivity (Wildman–Crippen MR) is 123 cm³/mol. The number of carbonyl (C=O) groups excluding carboxylic acids is 1. The van der Waals surface area contributed by atoms with Gasteiger partial charge >= 0.3 is 198 Å². The maximum absolute atomic E-state index is 13.0. The minimum absolute atomic E-state index is 0.0115. The van der Waals surface area contributed by atoms with Gasteiger partial charge in [-0.05, 0) is 0 Å². The Morgan fingerprint density at radius 3 is 2.61 bits per heavy atom. The zero-order valence-corrected chi connectivity index (χ0v) is 20.2. The van der Waals surface area contributed by atoms with Crippen LogP contribution in [-0.2, 0) is 16.4 Å². The summed E-state index contributed by atoms with van der Waals surface area (Å²) < 4.78 is 28.9. The fraction of sp³-hybridized carbons (Fsp3) is 0.125. The number of carboxylic acid groups (broad SMARTS) is 1. The van der Waals surface area contributed by atoms with Crippen LogP contribution in [0.3, 0.4) is 0 Å². The number of nitriles is 1. The van der Waals surface area contributed by atoms with Crippen molar-refractivity contribution in [3.05, 3.63) is 94.5 Å². The topological polar surface area (TPSA) is 124 Å². The zero-order valence-electron chi connectivity index (χ0n) is 17.3. The van der Waals surface area contributed by atoms with Gasteiger partial charge in [0.15, 0.2) is 0 Å². The van der Waals surface area contributed by atoms with E-state index in [0.29, 0.717) is 10.8 Å². The second kappa shape index (κ2) is 9.32. The number of hydrogen-bond acceptors (Lipinski definition) is 5. The molecule has 9 heteroatoms. The van der Waals surface area contributed by atoms with Gasteiger partial charge < -0.3 is 0 Å². The molecule has 2 atom stereocenters. The summed E-state index contributed by atoms with van der Waals surface area (Å²) in [4.78, 5) is 24.5. The van der Waals surface area contributed by atoms with Crippen LogP contribution in [0.5, 0.6) is 0 Å². The summed E-state index contributed by atoms with van der Waals surface area (Å²) in [7, 11) is -3.86. The van der Waals surface area contributed by atoms with Gasteiger partial charge in [0.05, 0.1) is 0 Å². The molecule has 0 aromatic heterocycles. The third kappa shape index (κ3) is 4.91. The average Bonchev–Trinajstić information content (AvgIpc) is 3.21. The number of rotatable bonds is 7. The molecule has 0 spiro atoms. The molecule has 0 bridgehead atoms. The van der Waals surface area contributed by atoms with Crippen LogP contribution < -0.4 is 9.07 Å². The average molecular weight is 522 g/mol. The normalized spacial score (nSPS) is 15.3. The summed E-state index contributed by atoms with van der Waals surface area (Å²) in [6.07, 6.45) is 1.46. The maximum atomic E-state index is 13.0. The molecule has 4 rings (SSSR count). The van der Waals surface area contributed by atoms with Crippen molar-refractivity contribution >= 4 is 40.7 Å². The van der Waals surface area contributed by atoms with Crippen LogP contribution >= 0.6 is 0 Å². The molecule has 3 aromatic rings. The fourth-order valence-electron chi connectivity index (χ4n) is 3.83. The summed E-state index contributed by atoms with van der Waals surface area (Å²) in [6.45, 7) is 0. The van der Waals surface area contributed by atoms with Crippen molar-refractivity contribution in [1.29, 1.82) is 5.26 Å². The number of benzene rings is 3. The Labute approximate surface area is 197 Å². The van der Waals surface area contributed by atoms with E-state index in [-0.39, 0.29) is 32.2 Å². The number of carbonyl (C=O) groups is 2. The third-order valence-corrected chi connectivity index (χ3v) is 9.50. The molecule has 0 aliphatic heterocycles. The molecule has 0 heterocycles. The first kappa shape index (κ1) is 22.9. The number of fused-ring (bicyclic) bond motifs is 1. The molecule has 7 nitrogen and oxygen atoms in total. The van der Waals surface area contributed by atoms with Gasteiger partial charge in [-0.3, -0.25) is 0 Å². The molecule has 2 unspecified atom stereocenters. The van der Waals surface area contributed by atoms with Crippen LogP contribution in [-0.4, -0.2) is 39.8 Å². The van der Waals surface area contributed by atoms with E-state index in [9.17, 15) is 23.1 Å². The molecule has 2 N–H and O–H groups in total. The van der Waals surface area contributed by atoms with Crippen LogP contribution in [0.25, 0.3) is 0 Å². The van der Waals surface area contributed by atoms with Gasteiger partial charge in [-0.25, -0.2) is 0 Å². The van der Waals surface area contributed by atoms with Gasteiger partial charge in [0, 0.05) is 0 Å². The van der Waals surface area contributed by atoms with Crippen LogP contribution in [0.1, 0.15) is 49.9 Å². The van der Waals surface area contributed by atoms with Gasteiger partial charge in [0.2, 0.25) is 0 Å². The SMILES string of the molecule is N#Cc1ccc([AsH]C(=O)c2cccc(S(=O)(=O)NC3CCc4ccccc43)c2)c(C(=O)O)c1. The second-order valence-electron chi connectivity index (χ2n) is 7.57. The summed E-state index contributed by atoms with van der Waals surface area (Å²) in [6, 6.07) is 19.3. The molecule has 0 radical (unpaired) electrons. The Bertz CT molecular complexity index is 1410. The van der Waals surface area contributed by atoms with E-state index >= 15 is 0 Å². The first-order valence-electron chi connectivity index (χ1n) is 10.1. The third-order valence-electron chi connectivity index (χ3n) is 5.46. The van der Waals surface area contributed by atoms with Gasteiger partial charge in [-0.1, -0.05) is 0 Å². The standard InChI is InChI=1S/C24H19AsN2O5S/c26-14-15-8-10-21(20(12-15)24(29)30)25-23(28)17-5-3-6-18(13-17)33(31,32)27-22-11-9-16-4-1-2-7-19(16)22/h1-8,10,12-13,22,25,27H,9,11H2,(H,29,30). The van der Waals surface area contributed by atoms with Crippen molar-refractivity contribution in [2.75, 3.05) is 0 Å². The molecule has 166 valence electrons. The molecule has 1 aliphatic carbocycles. The molecule has 0 amide bonds. The van der Waals surface area contributed by atoms with Crippen LogP contribution in [0.15, 0.2) is 71.6 Å². The van der Waals surface area contributed by atoms with Crippen LogP contribution in [0.2, 0.25) is 0 Å². The van der Waals surface area contributed by atoms with Crippen LogP contribution in [0.4, 0.5) is 0 Å². The monoisotopic (exact) mass is 522 g/mol. The minimum atomic E-state index is -3.86. The van der Waals surface area contributed by atoms with Crippen molar-refractivity contribution in [1.82, 2.24) is 4.72 Å². The van der Waals surface area contributed by atoms with E-state index in [0.717, 1.165) is 17.5 Å². The van der Waals surface area contributed by atoms with E-state index in [2.05, 4.69) is 4.72 Å². The number of nitrogens with zero attached hydrogens (tertiary/aromatic N) is 1. The Morgan fingerprint density at radius 2 is 1.85 bits per heavy atom. The Kier molecular flexibility index (Phi) is 6.48. The molecule has 1 aliphatic rings.